The summed E-state index contributed by atoms with van der Waals surface area (Å²) in [6, 6.07) is 12.8. The third-order valence-corrected chi connectivity index (χ3v) is 3.59. The zero-order chi connectivity index (χ0) is 15.2. The lowest BCUT2D eigenvalue weighted by molar-refractivity contribution is 0.545. The molecule has 22 heavy (non-hydrogen) atoms. The van der Waals surface area contributed by atoms with Crippen molar-refractivity contribution in [3.8, 4) is 0 Å². The van der Waals surface area contributed by atoms with Crippen LogP contribution < -0.4 is 5.32 Å². The van der Waals surface area contributed by atoms with Crippen LogP contribution in [0.15, 0.2) is 61.2 Å². The Morgan fingerprint density at radius 1 is 1.05 bits per heavy atom. The average molecular weight is 295 g/mol. The van der Waals surface area contributed by atoms with Gasteiger partial charge in [-0.2, -0.15) is 10.2 Å². The van der Waals surface area contributed by atoms with Gasteiger partial charge in [-0.1, -0.05) is 12.1 Å². The van der Waals surface area contributed by atoms with Gasteiger partial charge in [0.05, 0.1) is 6.54 Å². The summed E-state index contributed by atoms with van der Waals surface area (Å²) in [5, 5.41) is 12.0. The Hall–Kier alpha value is -2.56. The molecule has 0 aliphatic carbocycles. The average Bonchev–Trinajstić information content (AvgIpc) is 3.19. The molecule has 3 rings (SSSR count). The first-order chi connectivity index (χ1) is 10.8. The van der Waals surface area contributed by atoms with Gasteiger partial charge in [-0.05, 0) is 43.2 Å². The second-order valence-electron chi connectivity index (χ2n) is 5.51. The van der Waals surface area contributed by atoms with E-state index in [1.165, 1.54) is 5.56 Å². The Morgan fingerprint density at radius 2 is 1.82 bits per heavy atom. The van der Waals surface area contributed by atoms with Gasteiger partial charge in [0.2, 0.25) is 0 Å². The molecule has 1 N–H and O–H groups in total. The molecule has 0 aliphatic rings. The summed E-state index contributed by atoms with van der Waals surface area (Å²) < 4.78 is 3.90. The fourth-order valence-electron chi connectivity index (χ4n) is 2.46. The lowest BCUT2D eigenvalue weighted by atomic mass is 10.1. The van der Waals surface area contributed by atoms with Crippen LogP contribution in [0.25, 0.3) is 0 Å². The maximum Gasteiger partial charge on any atom is 0.0660 e. The largest absolute Gasteiger partial charge is 0.383 e. The molecule has 1 unspecified atom stereocenters. The summed E-state index contributed by atoms with van der Waals surface area (Å²) in [7, 11) is 0. The second-order valence-corrected chi connectivity index (χ2v) is 5.51. The van der Waals surface area contributed by atoms with Crippen LogP contribution in [-0.2, 0) is 13.1 Å². The predicted octanol–water partition coefficient (Wildman–Crippen LogP) is 3.02. The Morgan fingerprint density at radius 3 is 2.55 bits per heavy atom. The molecule has 5 heteroatoms. The highest BCUT2D eigenvalue weighted by molar-refractivity contribution is 5.46. The quantitative estimate of drug-likeness (QED) is 0.729. The normalized spacial score (nSPS) is 12.2. The zero-order valence-corrected chi connectivity index (χ0v) is 12.8. The number of aromatic nitrogens is 4. The molecule has 5 nitrogen and oxygen atoms in total. The summed E-state index contributed by atoms with van der Waals surface area (Å²) in [5.74, 6) is 0. The van der Waals surface area contributed by atoms with Crippen LogP contribution in [0.5, 0.6) is 0 Å². The van der Waals surface area contributed by atoms with Crippen molar-refractivity contribution >= 4 is 5.69 Å². The van der Waals surface area contributed by atoms with E-state index in [-0.39, 0.29) is 0 Å². The van der Waals surface area contributed by atoms with Gasteiger partial charge in [-0.25, -0.2) is 0 Å². The van der Waals surface area contributed by atoms with Crippen molar-refractivity contribution in [3.63, 3.8) is 0 Å². The van der Waals surface area contributed by atoms with E-state index >= 15 is 0 Å². The molecule has 0 radical (unpaired) electrons. The van der Waals surface area contributed by atoms with Crippen LogP contribution >= 0.6 is 0 Å². The van der Waals surface area contributed by atoms with E-state index in [0.717, 1.165) is 25.2 Å². The van der Waals surface area contributed by atoms with Crippen LogP contribution in [0.1, 0.15) is 18.9 Å². The van der Waals surface area contributed by atoms with Crippen LogP contribution in [-0.4, -0.2) is 25.6 Å². The van der Waals surface area contributed by atoms with Crippen molar-refractivity contribution < 1.29 is 0 Å². The van der Waals surface area contributed by atoms with E-state index in [2.05, 4.69) is 46.7 Å². The van der Waals surface area contributed by atoms with Gasteiger partial charge in [0.1, 0.15) is 0 Å². The zero-order valence-electron chi connectivity index (χ0n) is 12.8. The highest BCUT2D eigenvalue weighted by Crippen LogP contribution is 2.14. The van der Waals surface area contributed by atoms with Gasteiger partial charge in [0.15, 0.2) is 0 Å². The van der Waals surface area contributed by atoms with Crippen molar-refractivity contribution in [2.75, 3.05) is 5.32 Å². The molecule has 2 aromatic heterocycles. The number of aryl methyl sites for hydroxylation is 1. The SMILES string of the molecule is CC(CCn1cccn1)Nc1cccc(Cn2cccn2)c1. The molecule has 2 heterocycles. The number of hydrogen-bond acceptors (Lipinski definition) is 3. The van der Waals surface area contributed by atoms with E-state index in [4.69, 9.17) is 0 Å². The van der Waals surface area contributed by atoms with Crippen molar-refractivity contribution in [2.45, 2.75) is 32.5 Å². The third kappa shape index (κ3) is 3.97. The second kappa shape index (κ2) is 6.93. The standard InChI is InChI=1S/C17H21N5/c1-15(7-12-21-10-3-8-18-21)20-17-6-2-5-16(13-17)14-22-11-4-9-19-22/h2-6,8-11,13,15,20H,7,12,14H2,1H3. The molecule has 1 atom stereocenters. The first kappa shape index (κ1) is 14.4. The molecule has 0 spiro atoms. The van der Waals surface area contributed by atoms with Crippen LogP contribution in [0.4, 0.5) is 5.69 Å². The smallest absolute Gasteiger partial charge is 0.0660 e. The Kier molecular flexibility index (Phi) is 4.53. The van der Waals surface area contributed by atoms with E-state index in [1.807, 2.05) is 40.1 Å². The minimum Gasteiger partial charge on any atom is -0.383 e. The number of anilines is 1. The number of rotatable bonds is 7. The summed E-state index contributed by atoms with van der Waals surface area (Å²) in [6.07, 6.45) is 8.63. The van der Waals surface area contributed by atoms with Gasteiger partial charge in [-0.3, -0.25) is 9.36 Å². The lowest BCUT2D eigenvalue weighted by Crippen LogP contribution is -2.18. The maximum absolute atomic E-state index is 4.25. The predicted molar refractivity (Wildman–Crippen MR) is 87.7 cm³/mol. The van der Waals surface area contributed by atoms with Gasteiger partial charge in [0, 0.05) is 43.1 Å². The molecule has 0 fully saturated rings. The first-order valence-corrected chi connectivity index (χ1v) is 7.60. The Bertz CT molecular complexity index is 673. The van der Waals surface area contributed by atoms with E-state index in [0.29, 0.717) is 6.04 Å². The highest BCUT2D eigenvalue weighted by atomic mass is 15.3. The molecule has 0 amide bonds. The molecular formula is C17H21N5. The summed E-state index contributed by atoms with van der Waals surface area (Å²) in [6.45, 7) is 3.92. The highest BCUT2D eigenvalue weighted by Gasteiger charge is 2.04. The van der Waals surface area contributed by atoms with Crippen LogP contribution in [0, 0.1) is 0 Å². The van der Waals surface area contributed by atoms with Gasteiger partial charge >= 0.3 is 0 Å². The molecule has 0 aliphatic heterocycles. The van der Waals surface area contributed by atoms with Crippen molar-refractivity contribution in [1.82, 2.24) is 19.6 Å². The van der Waals surface area contributed by atoms with Crippen LogP contribution in [0.2, 0.25) is 0 Å². The van der Waals surface area contributed by atoms with Gasteiger partial charge in [0.25, 0.3) is 0 Å². The number of nitrogens with one attached hydrogen (secondary N) is 1. The lowest BCUT2D eigenvalue weighted by Gasteiger charge is -2.16. The fourth-order valence-corrected chi connectivity index (χ4v) is 2.46. The fraction of sp³-hybridized carbons (Fsp3) is 0.294. The van der Waals surface area contributed by atoms with E-state index < -0.39 is 0 Å². The van der Waals surface area contributed by atoms with Crippen LogP contribution in [0.3, 0.4) is 0 Å². The van der Waals surface area contributed by atoms with E-state index in [9.17, 15) is 0 Å². The molecule has 114 valence electrons. The summed E-state index contributed by atoms with van der Waals surface area (Å²) in [4.78, 5) is 0. The molecule has 3 aromatic rings. The van der Waals surface area contributed by atoms with Gasteiger partial charge < -0.3 is 5.32 Å². The first-order valence-electron chi connectivity index (χ1n) is 7.60. The third-order valence-electron chi connectivity index (χ3n) is 3.59. The van der Waals surface area contributed by atoms with Crippen molar-refractivity contribution in [2.24, 2.45) is 0 Å². The Labute approximate surface area is 130 Å². The molecule has 0 bridgehead atoms. The molecule has 1 aromatic carbocycles. The summed E-state index contributed by atoms with van der Waals surface area (Å²) >= 11 is 0. The topological polar surface area (TPSA) is 47.7 Å². The number of benzene rings is 1. The molecular weight excluding hydrogens is 274 g/mol. The number of hydrogen-bond donors (Lipinski definition) is 1. The Balaban J connectivity index is 1.55. The van der Waals surface area contributed by atoms with Gasteiger partial charge in [-0.15, -0.1) is 0 Å². The summed E-state index contributed by atoms with van der Waals surface area (Å²) in [5.41, 5.74) is 2.39. The monoisotopic (exact) mass is 295 g/mol. The molecule has 0 saturated carbocycles. The molecule has 0 saturated heterocycles. The minimum atomic E-state index is 0.393. The van der Waals surface area contributed by atoms with Crippen molar-refractivity contribution in [1.29, 1.82) is 0 Å². The van der Waals surface area contributed by atoms with Crippen molar-refractivity contribution in [3.05, 3.63) is 66.7 Å². The van der Waals surface area contributed by atoms with E-state index in [1.54, 1.807) is 6.20 Å². The minimum absolute atomic E-state index is 0.393. The number of nitrogens with zero attached hydrogens (tertiary/aromatic N) is 4. The maximum atomic E-state index is 4.25.